The maximum atomic E-state index is 5.14. The fraction of sp³-hybridized carbons (Fsp3) is 0.400. The maximum Gasteiger partial charge on any atom is 0.138 e. The highest BCUT2D eigenvalue weighted by Gasteiger charge is 2.07. The number of nitrogens with one attached hydrogen (secondary N) is 1. The lowest BCUT2D eigenvalue weighted by molar-refractivity contribution is 0.392. The van der Waals surface area contributed by atoms with Crippen LogP contribution in [0.1, 0.15) is 35.9 Å². The number of aromatic nitrogens is 1. The smallest absolute Gasteiger partial charge is 0.138 e. The SMILES string of the molecule is CCCc1ccc(NCc2c(C)noc2C)cc1. The van der Waals surface area contributed by atoms with Gasteiger partial charge in [-0.05, 0) is 38.0 Å². The molecule has 1 heterocycles. The number of aryl methyl sites for hydroxylation is 3. The summed E-state index contributed by atoms with van der Waals surface area (Å²) in [6.45, 7) is 6.87. The predicted octanol–water partition coefficient (Wildman–Crippen LogP) is 3.86. The summed E-state index contributed by atoms with van der Waals surface area (Å²) < 4.78 is 5.14. The van der Waals surface area contributed by atoms with Crippen LogP contribution in [0.15, 0.2) is 28.8 Å². The Morgan fingerprint density at radius 3 is 2.44 bits per heavy atom. The van der Waals surface area contributed by atoms with Crippen molar-refractivity contribution in [3.05, 3.63) is 46.8 Å². The summed E-state index contributed by atoms with van der Waals surface area (Å²) in [5.74, 6) is 0.891. The molecule has 96 valence electrons. The van der Waals surface area contributed by atoms with E-state index in [4.69, 9.17) is 4.52 Å². The van der Waals surface area contributed by atoms with Crippen molar-refractivity contribution < 1.29 is 4.52 Å². The molecule has 0 atom stereocenters. The predicted molar refractivity (Wildman–Crippen MR) is 73.7 cm³/mol. The molecule has 0 unspecified atom stereocenters. The van der Waals surface area contributed by atoms with Gasteiger partial charge in [0.25, 0.3) is 0 Å². The average Bonchev–Trinajstić information content (AvgIpc) is 2.69. The molecule has 0 bridgehead atoms. The minimum Gasteiger partial charge on any atom is -0.381 e. The summed E-state index contributed by atoms with van der Waals surface area (Å²) in [6, 6.07) is 8.62. The number of rotatable bonds is 5. The van der Waals surface area contributed by atoms with Crippen LogP contribution in [-0.4, -0.2) is 5.16 Å². The highest BCUT2D eigenvalue weighted by Crippen LogP contribution is 2.16. The molecule has 0 aliphatic rings. The van der Waals surface area contributed by atoms with Crippen LogP contribution in [-0.2, 0) is 13.0 Å². The Morgan fingerprint density at radius 2 is 1.89 bits per heavy atom. The van der Waals surface area contributed by atoms with Crippen molar-refractivity contribution in [1.29, 1.82) is 0 Å². The molecule has 0 saturated heterocycles. The third-order valence-corrected chi connectivity index (χ3v) is 3.14. The highest BCUT2D eigenvalue weighted by molar-refractivity contribution is 5.45. The van der Waals surface area contributed by atoms with Gasteiger partial charge in [0.1, 0.15) is 5.76 Å². The van der Waals surface area contributed by atoms with Crippen molar-refractivity contribution in [2.45, 2.75) is 40.2 Å². The Balaban J connectivity index is 1.98. The Morgan fingerprint density at radius 1 is 1.17 bits per heavy atom. The highest BCUT2D eigenvalue weighted by atomic mass is 16.5. The zero-order valence-electron chi connectivity index (χ0n) is 11.3. The molecule has 2 rings (SSSR count). The monoisotopic (exact) mass is 244 g/mol. The van der Waals surface area contributed by atoms with Crippen molar-refractivity contribution in [1.82, 2.24) is 5.16 Å². The van der Waals surface area contributed by atoms with Gasteiger partial charge in [0.15, 0.2) is 0 Å². The molecule has 2 aromatic rings. The van der Waals surface area contributed by atoms with E-state index in [9.17, 15) is 0 Å². The molecule has 0 aliphatic heterocycles. The number of benzene rings is 1. The molecule has 0 spiro atoms. The normalized spacial score (nSPS) is 10.6. The molecule has 0 aliphatic carbocycles. The molecule has 0 radical (unpaired) electrons. The molecular weight excluding hydrogens is 224 g/mol. The molecule has 18 heavy (non-hydrogen) atoms. The van der Waals surface area contributed by atoms with Gasteiger partial charge in [-0.3, -0.25) is 0 Å². The molecule has 3 nitrogen and oxygen atoms in total. The van der Waals surface area contributed by atoms with Crippen LogP contribution in [0, 0.1) is 13.8 Å². The van der Waals surface area contributed by atoms with E-state index in [2.05, 4.69) is 41.7 Å². The van der Waals surface area contributed by atoms with E-state index in [-0.39, 0.29) is 0 Å². The molecule has 3 heteroatoms. The van der Waals surface area contributed by atoms with Crippen molar-refractivity contribution in [3.8, 4) is 0 Å². The van der Waals surface area contributed by atoms with Crippen molar-refractivity contribution >= 4 is 5.69 Å². The van der Waals surface area contributed by atoms with Gasteiger partial charge in [-0.15, -0.1) is 0 Å². The van der Waals surface area contributed by atoms with E-state index < -0.39 is 0 Å². The second-order valence-corrected chi connectivity index (χ2v) is 4.60. The lowest BCUT2D eigenvalue weighted by Gasteiger charge is -2.07. The molecule has 1 aromatic carbocycles. The third-order valence-electron chi connectivity index (χ3n) is 3.14. The lowest BCUT2D eigenvalue weighted by atomic mass is 10.1. The summed E-state index contributed by atoms with van der Waals surface area (Å²) >= 11 is 0. The first-order valence-corrected chi connectivity index (χ1v) is 6.45. The number of hydrogen-bond donors (Lipinski definition) is 1. The van der Waals surface area contributed by atoms with Crippen molar-refractivity contribution in [2.24, 2.45) is 0 Å². The van der Waals surface area contributed by atoms with E-state index in [1.165, 1.54) is 12.0 Å². The van der Waals surface area contributed by atoms with E-state index in [1.807, 2.05) is 13.8 Å². The van der Waals surface area contributed by atoms with E-state index in [0.717, 1.165) is 35.7 Å². The van der Waals surface area contributed by atoms with Gasteiger partial charge in [-0.1, -0.05) is 30.6 Å². The fourth-order valence-corrected chi connectivity index (χ4v) is 2.02. The molecule has 0 fully saturated rings. The van der Waals surface area contributed by atoms with Gasteiger partial charge >= 0.3 is 0 Å². The van der Waals surface area contributed by atoms with Crippen LogP contribution in [0.2, 0.25) is 0 Å². The van der Waals surface area contributed by atoms with Gasteiger partial charge in [-0.25, -0.2) is 0 Å². The standard InChI is InChI=1S/C15H20N2O/c1-4-5-13-6-8-14(9-7-13)16-10-15-11(2)17-18-12(15)3/h6-9,16H,4-5,10H2,1-3H3. The van der Waals surface area contributed by atoms with Crippen LogP contribution in [0.5, 0.6) is 0 Å². The first kappa shape index (κ1) is 12.7. The largest absolute Gasteiger partial charge is 0.381 e. The van der Waals surface area contributed by atoms with Crippen LogP contribution >= 0.6 is 0 Å². The van der Waals surface area contributed by atoms with Crippen molar-refractivity contribution in [3.63, 3.8) is 0 Å². The number of anilines is 1. The second-order valence-electron chi connectivity index (χ2n) is 4.60. The number of hydrogen-bond acceptors (Lipinski definition) is 3. The van der Waals surface area contributed by atoms with Gasteiger partial charge in [0, 0.05) is 17.8 Å². The number of nitrogens with zero attached hydrogens (tertiary/aromatic N) is 1. The zero-order chi connectivity index (χ0) is 13.0. The second kappa shape index (κ2) is 5.71. The van der Waals surface area contributed by atoms with Crippen LogP contribution in [0.4, 0.5) is 5.69 Å². The summed E-state index contributed by atoms with van der Waals surface area (Å²) in [4.78, 5) is 0. The van der Waals surface area contributed by atoms with E-state index in [1.54, 1.807) is 0 Å². The third kappa shape index (κ3) is 2.92. The fourth-order valence-electron chi connectivity index (χ4n) is 2.02. The summed E-state index contributed by atoms with van der Waals surface area (Å²) in [5.41, 5.74) is 4.63. The molecule has 1 aromatic heterocycles. The Hall–Kier alpha value is -1.77. The van der Waals surface area contributed by atoms with Crippen LogP contribution < -0.4 is 5.32 Å². The van der Waals surface area contributed by atoms with Crippen molar-refractivity contribution in [2.75, 3.05) is 5.32 Å². The van der Waals surface area contributed by atoms with Gasteiger partial charge in [0.2, 0.25) is 0 Å². The van der Waals surface area contributed by atoms with Crippen LogP contribution in [0.3, 0.4) is 0 Å². The first-order valence-electron chi connectivity index (χ1n) is 6.45. The maximum absolute atomic E-state index is 5.14. The van der Waals surface area contributed by atoms with E-state index in [0.29, 0.717) is 0 Å². The molecule has 1 N–H and O–H groups in total. The minimum atomic E-state index is 0.758. The zero-order valence-corrected chi connectivity index (χ0v) is 11.3. The molecular formula is C15H20N2O. The minimum absolute atomic E-state index is 0.758. The van der Waals surface area contributed by atoms with Gasteiger partial charge in [0.05, 0.1) is 5.69 Å². The van der Waals surface area contributed by atoms with Gasteiger partial charge < -0.3 is 9.84 Å². The molecule has 0 saturated carbocycles. The summed E-state index contributed by atoms with van der Waals surface area (Å²) in [6.07, 6.45) is 2.33. The molecule has 0 amide bonds. The average molecular weight is 244 g/mol. The van der Waals surface area contributed by atoms with Crippen LogP contribution in [0.25, 0.3) is 0 Å². The van der Waals surface area contributed by atoms with Gasteiger partial charge in [-0.2, -0.15) is 0 Å². The Kier molecular flexibility index (Phi) is 4.03. The topological polar surface area (TPSA) is 38.1 Å². The Bertz CT molecular complexity index is 480. The summed E-state index contributed by atoms with van der Waals surface area (Å²) in [7, 11) is 0. The quantitative estimate of drug-likeness (QED) is 0.868. The summed E-state index contributed by atoms with van der Waals surface area (Å²) in [5, 5.41) is 7.35. The Labute approximate surface area is 108 Å². The lowest BCUT2D eigenvalue weighted by Crippen LogP contribution is -2.01. The van der Waals surface area contributed by atoms with E-state index >= 15 is 0 Å². The first-order chi connectivity index (χ1) is 8.70.